The van der Waals surface area contributed by atoms with Gasteiger partial charge in [0.15, 0.2) is 0 Å². The Morgan fingerprint density at radius 3 is 1.28 bits per heavy atom. The third-order valence-electron chi connectivity index (χ3n) is 13.4. The molecule has 0 bridgehead atoms. The molecule has 1 nitrogen and oxygen atoms in total. The van der Waals surface area contributed by atoms with Crippen molar-refractivity contribution in [1.29, 1.82) is 0 Å². The molecule has 65 heavy (non-hydrogen) atoms. The van der Waals surface area contributed by atoms with Crippen molar-refractivity contribution in [2.24, 2.45) is 22.2 Å². The molecule has 1 atom stereocenters. The lowest BCUT2D eigenvalue weighted by molar-refractivity contribution is 0.376. The van der Waals surface area contributed by atoms with Gasteiger partial charge in [0.25, 0.3) is 0 Å². The van der Waals surface area contributed by atoms with E-state index >= 15 is 0 Å². The first-order chi connectivity index (χ1) is 30.6. The molecular weight excluding hydrogens is 783 g/mol. The Morgan fingerprint density at radius 1 is 0.554 bits per heavy atom. The third-order valence-corrected chi connectivity index (χ3v) is 13.4. The molecule has 3 aliphatic carbocycles. The standard InChI is InChI=1S/C23H37N.C21H30.C20H32/c1-7-17-24-18-15-20(3)11-8-10-19(2)13-14-22-21(4)12-9-16-23(22,5)6;1-7-10-17(2)11-8-12-18(3)14-15-20-19(4)13-9-16-21(20,5)6;1-7-16(2)10-8-11-17(3)13-14-19-18(4)12-9-15-20(19,5)6/h8,10-11,13-15,24H,7,9,12,16-18H2,1-6H3;7-8,10-12,14-15H,1,9,13,16H2,2-6H3;8,10-11,13-14,16H,7,9,12,15H2,1-6H3/b11-8-,14-13+,19-10+,20-15+;11-8-,15-14+,17-10+,18-12+;10-8-,14-13+,17-11+. The highest BCUT2D eigenvalue weighted by molar-refractivity contribution is 5.39. The van der Waals surface area contributed by atoms with Gasteiger partial charge < -0.3 is 5.32 Å². The molecule has 0 radical (unpaired) electrons. The van der Waals surface area contributed by atoms with Gasteiger partial charge >= 0.3 is 0 Å². The van der Waals surface area contributed by atoms with Gasteiger partial charge in [-0.15, -0.1) is 0 Å². The Kier molecular flexibility index (Phi) is 28.3. The molecule has 0 fully saturated rings. The number of hydrogen-bond acceptors (Lipinski definition) is 1. The molecule has 0 aromatic rings. The monoisotopic (exact) mass is 882 g/mol. The van der Waals surface area contributed by atoms with Gasteiger partial charge in [0.2, 0.25) is 0 Å². The van der Waals surface area contributed by atoms with E-state index in [1.165, 1.54) is 110 Å². The first-order valence-electron chi connectivity index (χ1n) is 25.5. The maximum absolute atomic E-state index is 3.70. The fourth-order valence-corrected chi connectivity index (χ4v) is 8.90. The summed E-state index contributed by atoms with van der Waals surface area (Å²) in [7, 11) is 0. The first-order valence-corrected chi connectivity index (χ1v) is 25.5. The van der Waals surface area contributed by atoms with E-state index < -0.39 is 0 Å². The van der Waals surface area contributed by atoms with Crippen LogP contribution in [-0.4, -0.2) is 13.1 Å². The summed E-state index contributed by atoms with van der Waals surface area (Å²) in [6, 6.07) is 0. The normalized spacial score (nSPS) is 20.7. The fraction of sp³-hybridized carbons (Fsp3) is 0.531. The topological polar surface area (TPSA) is 12.0 Å². The van der Waals surface area contributed by atoms with Crippen LogP contribution < -0.4 is 5.32 Å². The highest BCUT2D eigenvalue weighted by atomic mass is 14.8. The van der Waals surface area contributed by atoms with Gasteiger partial charge in [-0.25, -0.2) is 0 Å². The van der Waals surface area contributed by atoms with Crippen LogP contribution in [0.5, 0.6) is 0 Å². The minimum absolute atomic E-state index is 0.318. The summed E-state index contributed by atoms with van der Waals surface area (Å²) < 4.78 is 0. The van der Waals surface area contributed by atoms with E-state index in [0.29, 0.717) is 22.2 Å². The predicted molar refractivity (Wildman–Crippen MR) is 297 cm³/mol. The smallest absolute Gasteiger partial charge is 0.0140 e. The molecule has 1 unspecified atom stereocenters. The summed E-state index contributed by atoms with van der Waals surface area (Å²) >= 11 is 0. The Labute approximate surface area is 404 Å². The molecule has 0 aliphatic heterocycles. The van der Waals surface area contributed by atoms with E-state index in [0.717, 1.165) is 13.1 Å². The molecule has 0 heterocycles. The summed E-state index contributed by atoms with van der Waals surface area (Å²) in [6.07, 6.45) is 53.5. The van der Waals surface area contributed by atoms with Gasteiger partial charge in [0, 0.05) is 6.54 Å². The summed E-state index contributed by atoms with van der Waals surface area (Å²) in [5.41, 5.74) is 16.7. The number of nitrogens with one attached hydrogen (secondary N) is 1. The maximum atomic E-state index is 3.70. The zero-order valence-electron chi connectivity index (χ0n) is 45.4. The molecule has 0 spiro atoms. The maximum Gasteiger partial charge on any atom is 0.0140 e. The van der Waals surface area contributed by atoms with Gasteiger partial charge in [-0.05, 0) is 165 Å². The van der Waals surface area contributed by atoms with Crippen molar-refractivity contribution in [3.8, 4) is 0 Å². The summed E-state index contributed by atoms with van der Waals surface area (Å²) in [5.74, 6) is 0.672. The van der Waals surface area contributed by atoms with Crippen LogP contribution in [0, 0.1) is 22.2 Å². The number of rotatable bonds is 18. The van der Waals surface area contributed by atoms with Crippen molar-refractivity contribution in [3.63, 3.8) is 0 Å². The van der Waals surface area contributed by atoms with Crippen molar-refractivity contribution < 1.29 is 0 Å². The molecule has 360 valence electrons. The van der Waals surface area contributed by atoms with Crippen molar-refractivity contribution >= 4 is 0 Å². The van der Waals surface area contributed by atoms with E-state index in [1.807, 2.05) is 12.2 Å². The quantitative estimate of drug-likeness (QED) is 0.107. The Bertz CT molecular complexity index is 1930. The lowest BCUT2D eigenvalue weighted by Gasteiger charge is -2.33. The molecule has 3 aliphatic rings. The third kappa shape index (κ3) is 24.4. The molecule has 0 saturated heterocycles. The average Bonchev–Trinajstić information content (AvgIpc) is 3.21. The lowest BCUT2D eigenvalue weighted by Crippen LogP contribution is -2.19. The highest BCUT2D eigenvalue weighted by Crippen LogP contribution is 2.43. The van der Waals surface area contributed by atoms with Crippen LogP contribution in [0.2, 0.25) is 0 Å². The number of allylic oxidation sites excluding steroid dienone is 28. The minimum Gasteiger partial charge on any atom is -0.313 e. The van der Waals surface area contributed by atoms with Crippen LogP contribution in [0.4, 0.5) is 0 Å². The zero-order chi connectivity index (χ0) is 49.1. The van der Waals surface area contributed by atoms with E-state index in [1.54, 1.807) is 22.3 Å². The largest absolute Gasteiger partial charge is 0.313 e. The summed E-state index contributed by atoms with van der Waals surface area (Å²) in [4.78, 5) is 0. The molecule has 1 N–H and O–H groups in total. The molecule has 0 amide bonds. The number of hydrogen-bond donors (Lipinski definition) is 1. The Hall–Kier alpha value is -3.94. The molecule has 0 aromatic heterocycles. The SMILES string of the molecule is C=C/C=C(C)/C=C\C=C(C)\C=C\C1=C(C)CCCC1(C)C.CCC(C)\C=C/C=C(C)/C=C/C1=C(C)CCCC1(C)C.CCCNC/C=C(C)/C=C\C=C(C)\C=C\C1=C(C)CCCC1(C)C. The van der Waals surface area contributed by atoms with Crippen LogP contribution in [0.15, 0.2) is 177 Å². The molecule has 0 aromatic carbocycles. The Balaban J connectivity index is 0.000000490. The minimum atomic E-state index is 0.318. The fourth-order valence-electron chi connectivity index (χ4n) is 8.90. The van der Waals surface area contributed by atoms with E-state index in [9.17, 15) is 0 Å². The van der Waals surface area contributed by atoms with Gasteiger partial charge in [-0.1, -0.05) is 229 Å². The lowest BCUT2D eigenvalue weighted by atomic mass is 9.72. The van der Waals surface area contributed by atoms with Crippen molar-refractivity contribution in [2.75, 3.05) is 13.1 Å². The van der Waals surface area contributed by atoms with Gasteiger partial charge in [0.05, 0.1) is 0 Å². The van der Waals surface area contributed by atoms with Crippen molar-refractivity contribution in [2.45, 2.75) is 188 Å². The average molecular weight is 883 g/mol. The van der Waals surface area contributed by atoms with Gasteiger partial charge in [-0.3, -0.25) is 0 Å². The Morgan fingerprint density at radius 2 is 0.923 bits per heavy atom. The molecule has 0 saturated carbocycles. The second-order valence-corrected chi connectivity index (χ2v) is 21.3. The van der Waals surface area contributed by atoms with Crippen LogP contribution >= 0.6 is 0 Å². The van der Waals surface area contributed by atoms with Gasteiger partial charge in [-0.2, -0.15) is 0 Å². The van der Waals surface area contributed by atoms with Crippen LogP contribution in [0.25, 0.3) is 0 Å². The second kappa shape index (κ2) is 31.1. The van der Waals surface area contributed by atoms with Gasteiger partial charge in [0.1, 0.15) is 0 Å². The van der Waals surface area contributed by atoms with Crippen LogP contribution in [0.1, 0.15) is 188 Å². The zero-order valence-corrected chi connectivity index (χ0v) is 45.4. The van der Waals surface area contributed by atoms with E-state index in [4.69, 9.17) is 0 Å². The van der Waals surface area contributed by atoms with E-state index in [-0.39, 0.29) is 0 Å². The molecule has 1 heteroatoms. The van der Waals surface area contributed by atoms with Crippen molar-refractivity contribution in [3.05, 3.63) is 177 Å². The van der Waals surface area contributed by atoms with Crippen LogP contribution in [0.3, 0.4) is 0 Å². The van der Waals surface area contributed by atoms with Crippen molar-refractivity contribution in [1.82, 2.24) is 5.32 Å². The molecule has 3 rings (SSSR count). The van der Waals surface area contributed by atoms with E-state index in [2.05, 4.69) is 227 Å². The molecular formula is C64H99N. The second-order valence-electron chi connectivity index (χ2n) is 21.3. The predicted octanol–water partition coefficient (Wildman–Crippen LogP) is 19.8. The first kappa shape index (κ1) is 59.1. The van der Waals surface area contributed by atoms with Crippen LogP contribution in [-0.2, 0) is 0 Å². The summed E-state index contributed by atoms with van der Waals surface area (Å²) in [6.45, 7) is 44.2. The highest BCUT2D eigenvalue weighted by Gasteiger charge is 2.28. The summed E-state index contributed by atoms with van der Waals surface area (Å²) in [5, 5.41) is 3.39.